The van der Waals surface area contributed by atoms with E-state index in [9.17, 15) is 0 Å². The summed E-state index contributed by atoms with van der Waals surface area (Å²) in [5.74, 6) is 2.63. The van der Waals surface area contributed by atoms with E-state index < -0.39 is 0 Å². The first kappa shape index (κ1) is 12.2. The molecule has 0 bridgehead atoms. The third kappa shape index (κ3) is 2.12. The van der Waals surface area contributed by atoms with Gasteiger partial charge in [0.1, 0.15) is 5.82 Å². The maximum Gasteiger partial charge on any atom is 0.112 e. The van der Waals surface area contributed by atoms with Gasteiger partial charge in [-0.2, -0.15) is 5.26 Å². The van der Waals surface area contributed by atoms with Crippen LogP contribution >= 0.6 is 0 Å². The van der Waals surface area contributed by atoms with Crippen LogP contribution in [0.1, 0.15) is 49.9 Å². The number of hydrogen-bond donors (Lipinski definition) is 0. The molecular weight excluding hydrogens is 234 g/mol. The molecule has 1 aromatic heterocycles. The average molecular weight is 253 g/mol. The van der Waals surface area contributed by atoms with Crippen LogP contribution < -0.4 is 0 Å². The second kappa shape index (κ2) is 4.70. The van der Waals surface area contributed by atoms with Crippen LogP contribution in [-0.2, 0) is 7.05 Å². The lowest BCUT2D eigenvalue weighted by Crippen LogP contribution is -2.14. The van der Waals surface area contributed by atoms with E-state index in [-0.39, 0.29) is 0 Å². The molecule has 3 rings (SSSR count). The summed E-state index contributed by atoms with van der Waals surface area (Å²) >= 11 is 0. The molecular formula is C16H19N3. The molecule has 2 aromatic rings. The van der Waals surface area contributed by atoms with Gasteiger partial charge in [-0.3, -0.25) is 0 Å². The van der Waals surface area contributed by atoms with Gasteiger partial charge < -0.3 is 4.57 Å². The summed E-state index contributed by atoms with van der Waals surface area (Å²) in [7, 11) is 2.09. The molecule has 98 valence electrons. The normalized spacial score (nSPS) is 23.4. The third-order valence-corrected chi connectivity index (χ3v) is 4.43. The van der Waals surface area contributed by atoms with Gasteiger partial charge in [-0.05, 0) is 37.0 Å². The van der Waals surface area contributed by atoms with Crippen LogP contribution in [0.4, 0.5) is 0 Å². The van der Waals surface area contributed by atoms with Crippen molar-refractivity contribution >= 4 is 11.0 Å². The Hall–Kier alpha value is -1.82. The molecule has 0 aliphatic heterocycles. The summed E-state index contributed by atoms with van der Waals surface area (Å²) in [6.07, 6.45) is 5.08. The summed E-state index contributed by atoms with van der Waals surface area (Å²) in [4.78, 5) is 4.78. The minimum atomic E-state index is 0.583. The van der Waals surface area contributed by atoms with Gasteiger partial charge in [0.2, 0.25) is 0 Å². The van der Waals surface area contributed by atoms with Crippen LogP contribution in [-0.4, -0.2) is 9.55 Å². The quantitative estimate of drug-likeness (QED) is 0.777. The molecule has 1 aromatic carbocycles. The highest BCUT2D eigenvalue weighted by molar-refractivity contribution is 5.77. The molecule has 1 saturated carbocycles. The number of rotatable bonds is 1. The maximum absolute atomic E-state index is 8.97. The Morgan fingerprint density at radius 2 is 2.00 bits per heavy atom. The first-order valence-electron chi connectivity index (χ1n) is 7.05. The predicted molar refractivity (Wildman–Crippen MR) is 75.8 cm³/mol. The van der Waals surface area contributed by atoms with E-state index in [1.165, 1.54) is 31.5 Å². The van der Waals surface area contributed by atoms with Gasteiger partial charge in [-0.15, -0.1) is 0 Å². The highest BCUT2D eigenvalue weighted by Crippen LogP contribution is 2.35. The van der Waals surface area contributed by atoms with Crippen molar-refractivity contribution in [2.75, 3.05) is 0 Å². The molecule has 1 heterocycles. The van der Waals surface area contributed by atoms with Gasteiger partial charge in [0, 0.05) is 13.0 Å². The summed E-state index contributed by atoms with van der Waals surface area (Å²) < 4.78 is 2.21. The van der Waals surface area contributed by atoms with Crippen LogP contribution in [0, 0.1) is 17.2 Å². The molecule has 0 N–H and O–H groups in total. The number of aromatic nitrogens is 2. The monoisotopic (exact) mass is 253 g/mol. The summed E-state index contributed by atoms with van der Waals surface area (Å²) in [5.41, 5.74) is 2.78. The second-order valence-corrected chi connectivity index (χ2v) is 5.80. The van der Waals surface area contributed by atoms with Gasteiger partial charge in [-0.1, -0.05) is 19.8 Å². The molecule has 0 unspecified atom stereocenters. The van der Waals surface area contributed by atoms with E-state index in [0.29, 0.717) is 11.5 Å². The summed E-state index contributed by atoms with van der Waals surface area (Å²) in [6.45, 7) is 2.34. The number of hydrogen-bond acceptors (Lipinski definition) is 2. The van der Waals surface area contributed by atoms with E-state index in [0.717, 1.165) is 17.0 Å². The van der Waals surface area contributed by atoms with Crippen molar-refractivity contribution in [3.8, 4) is 6.07 Å². The zero-order valence-electron chi connectivity index (χ0n) is 11.6. The van der Waals surface area contributed by atoms with Crippen molar-refractivity contribution in [3.63, 3.8) is 0 Å². The highest BCUT2D eigenvalue weighted by Gasteiger charge is 2.23. The molecule has 3 heteroatoms. The number of nitriles is 1. The lowest BCUT2D eigenvalue weighted by atomic mass is 9.82. The molecule has 19 heavy (non-hydrogen) atoms. The fourth-order valence-corrected chi connectivity index (χ4v) is 3.17. The molecule has 1 aliphatic rings. The van der Waals surface area contributed by atoms with Crippen molar-refractivity contribution in [3.05, 3.63) is 29.6 Å². The largest absolute Gasteiger partial charge is 0.331 e. The smallest absolute Gasteiger partial charge is 0.112 e. The lowest BCUT2D eigenvalue weighted by Gasteiger charge is -2.25. The number of fused-ring (bicyclic) bond motifs is 1. The fraction of sp³-hybridized carbons (Fsp3) is 0.500. The van der Waals surface area contributed by atoms with Crippen molar-refractivity contribution in [2.45, 2.75) is 38.5 Å². The Balaban J connectivity index is 2.00. The van der Waals surface area contributed by atoms with E-state index in [1.54, 1.807) is 0 Å². The Kier molecular flexibility index (Phi) is 3.02. The van der Waals surface area contributed by atoms with E-state index in [4.69, 9.17) is 10.2 Å². The topological polar surface area (TPSA) is 41.6 Å². The minimum Gasteiger partial charge on any atom is -0.331 e. The number of imidazole rings is 1. The Bertz CT molecular complexity index is 640. The Labute approximate surface area is 113 Å². The molecule has 0 amide bonds. The van der Waals surface area contributed by atoms with Gasteiger partial charge in [0.15, 0.2) is 0 Å². The van der Waals surface area contributed by atoms with Crippen molar-refractivity contribution in [1.29, 1.82) is 5.26 Å². The second-order valence-electron chi connectivity index (χ2n) is 5.80. The van der Waals surface area contributed by atoms with Crippen molar-refractivity contribution in [1.82, 2.24) is 9.55 Å². The van der Waals surface area contributed by atoms with Crippen LogP contribution in [0.3, 0.4) is 0 Å². The number of aryl methyl sites for hydroxylation is 1. The van der Waals surface area contributed by atoms with E-state index >= 15 is 0 Å². The van der Waals surface area contributed by atoms with Gasteiger partial charge >= 0.3 is 0 Å². The summed E-state index contributed by atoms with van der Waals surface area (Å²) in [6, 6.07) is 7.96. The third-order valence-electron chi connectivity index (χ3n) is 4.43. The minimum absolute atomic E-state index is 0.583. The molecule has 0 atom stereocenters. The van der Waals surface area contributed by atoms with Crippen LogP contribution in [0.15, 0.2) is 18.2 Å². The summed E-state index contributed by atoms with van der Waals surface area (Å²) in [5, 5.41) is 8.97. The lowest BCUT2D eigenvalue weighted by molar-refractivity contribution is 0.337. The molecule has 0 spiro atoms. The van der Waals surface area contributed by atoms with Crippen molar-refractivity contribution in [2.24, 2.45) is 13.0 Å². The van der Waals surface area contributed by atoms with Gasteiger partial charge in [-0.25, -0.2) is 4.98 Å². The fourth-order valence-electron chi connectivity index (χ4n) is 3.17. The van der Waals surface area contributed by atoms with Crippen LogP contribution in [0.5, 0.6) is 0 Å². The Morgan fingerprint density at radius 1 is 1.26 bits per heavy atom. The predicted octanol–water partition coefficient (Wildman–Crippen LogP) is 3.74. The molecule has 0 saturated heterocycles. The zero-order valence-corrected chi connectivity index (χ0v) is 11.6. The number of benzene rings is 1. The molecule has 1 aliphatic carbocycles. The van der Waals surface area contributed by atoms with Gasteiger partial charge in [0.05, 0.1) is 22.7 Å². The molecule has 1 fully saturated rings. The van der Waals surface area contributed by atoms with Crippen LogP contribution in [0.25, 0.3) is 11.0 Å². The van der Waals surface area contributed by atoms with Gasteiger partial charge in [0.25, 0.3) is 0 Å². The standard InChI is InChI=1S/C16H19N3/c1-11-3-6-13(7-4-11)16-18-14-9-12(10-17)5-8-15(14)19(16)2/h5,8-9,11,13H,3-4,6-7H2,1-2H3. The molecule has 3 nitrogen and oxygen atoms in total. The first-order chi connectivity index (χ1) is 9.19. The first-order valence-corrected chi connectivity index (χ1v) is 7.05. The SMILES string of the molecule is CC1CCC(c2nc3cc(C#N)ccc3n2C)CC1. The average Bonchev–Trinajstić information content (AvgIpc) is 2.76. The maximum atomic E-state index is 8.97. The van der Waals surface area contributed by atoms with E-state index in [2.05, 4.69) is 24.6 Å². The van der Waals surface area contributed by atoms with E-state index in [1.807, 2.05) is 18.2 Å². The molecule has 0 radical (unpaired) electrons. The zero-order chi connectivity index (χ0) is 13.4. The Morgan fingerprint density at radius 3 is 2.68 bits per heavy atom. The number of nitrogens with zero attached hydrogens (tertiary/aromatic N) is 3. The highest BCUT2D eigenvalue weighted by atomic mass is 15.1. The van der Waals surface area contributed by atoms with Crippen LogP contribution in [0.2, 0.25) is 0 Å². The van der Waals surface area contributed by atoms with Crippen molar-refractivity contribution < 1.29 is 0 Å².